The van der Waals surface area contributed by atoms with Gasteiger partial charge in [0.25, 0.3) is 0 Å². The molecule has 6 heteroatoms. The summed E-state index contributed by atoms with van der Waals surface area (Å²) < 4.78 is 26.4. The quantitative estimate of drug-likeness (QED) is 0.781. The van der Waals surface area contributed by atoms with E-state index in [0.717, 1.165) is 12.5 Å². The van der Waals surface area contributed by atoms with Crippen LogP contribution < -0.4 is 10.6 Å². The fraction of sp³-hybridized carbons (Fsp3) is 0.533. The number of benzene rings is 1. The number of halogens is 2. The lowest BCUT2D eigenvalue weighted by Gasteiger charge is -2.36. The van der Waals surface area contributed by atoms with E-state index in [1.54, 1.807) is 6.92 Å². The first-order chi connectivity index (χ1) is 9.89. The molecule has 0 heterocycles. The predicted molar refractivity (Wildman–Crippen MR) is 75.0 cm³/mol. The van der Waals surface area contributed by atoms with Crippen LogP contribution in [0, 0.1) is 11.6 Å². The van der Waals surface area contributed by atoms with Gasteiger partial charge in [0, 0.05) is 25.1 Å². The van der Waals surface area contributed by atoms with Crippen LogP contribution in [0.5, 0.6) is 0 Å². The molecule has 1 saturated carbocycles. The number of carbonyl (C=O) groups excluding carboxylic acids is 1. The highest BCUT2D eigenvalue weighted by atomic mass is 19.1. The molecule has 1 aliphatic rings. The van der Waals surface area contributed by atoms with Crippen molar-refractivity contribution in [1.29, 1.82) is 0 Å². The van der Waals surface area contributed by atoms with Crippen molar-refractivity contribution in [3.05, 3.63) is 35.4 Å². The Balaban J connectivity index is 1.77. The molecule has 1 aromatic carbocycles. The molecule has 0 bridgehead atoms. The fourth-order valence-electron chi connectivity index (χ4n) is 2.33. The maximum Gasteiger partial charge on any atom is 0.314 e. The Labute approximate surface area is 122 Å². The Hall–Kier alpha value is -1.69. The fourth-order valence-corrected chi connectivity index (χ4v) is 2.33. The molecule has 21 heavy (non-hydrogen) atoms. The molecule has 116 valence electrons. The second kappa shape index (κ2) is 6.39. The Morgan fingerprint density at radius 3 is 2.67 bits per heavy atom. The molecule has 1 aromatic rings. The van der Waals surface area contributed by atoms with Gasteiger partial charge in [-0.1, -0.05) is 13.0 Å². The number of carbonyl (C=O) groups is 1. The van der Waals surface area contributed by atoms with Gasteiger partial charge in [-0.05, 0) is 30.9 Å². The summed E-state index contributed by atoms with van der Waals surface area (Å²) in [7, 11) is 0. The molecule has 4 nitrogen and oxygen atoms in total. The van der Waals surface area contributed by atoms with Crippen LogP contribution in [-0.4, -0.2) is 29.8 Å². The third kappa shape index (κ3) is 4.14. The highest BCUT2D eigenvalue weighted by Crippen LogP contribution is 2.30. The maximum atomic E-state index is 13.6. The van der Waals surface area contributed by atoms with E-state index in [4.69, 9.17) is 0 Å². The van der Waals surface area contributed by atoms with Crippen molar-refractivity contribution in [2.24, 2.45) is 0 Å². The van der Waals surface area contributed by atoms with Crippen LogP contribution in [0.3, 0.4) is 0 Å². The van der Waals surface area contributed by atoms with Gasteiger partial charge in [-0.2, -0.15) is 0 Å². The van der Waals surface area contributed by atoms with Crippen LogP contribution in [0.1, 0.15) is 37.7 Å². The summed E-state index contributed by atoms with van der Waals surface area (Å²) in [5.74, 6) is -1.51. The minimum Gasteiger partial charge on any atom is -0.388 e. The predicted octanol–water partition coefficient (Wildman–Crippen LogP) is 2.28. The first kappa shape index (κ1) is 15.7. The number of hydrogen-bond donors (Lipinski definition) is 3. The van der Waals surface area contributed by atoms with Gasteiger partial charge in [0.15, 0.2) is 0 Å². The van der Waals surface area contributed by atoms with Crippen LogP contribution in [-0.2, 0) is 0 Å². The molecule has 0 radical (unpaired) electrons. The minimum atomic E-state index is -0.772. The molecule has 3 N–H and O–H groups in total. The van der Waals surface area contributed by atoms with Crippen LogP contribution in [0.15, 0.2) is 18.2 Å². The van der Waals surface area contributed by atoms with Crippen molar-refractivity contribution >= 4 is 6.03 Å². The zero-order valence-corrected chi connectivity index (χ0v) is 12.0. The third-order valence-electron chi connectivity index (χ3n) is 3.92. The van der Waals surface area contributed by atoms with Crippen molar-refractivity contribution < 1.29 is 18.7 Å². The smallest absolute Gasteiger partial charge is 0.314 e. The molecular weight excluding hydrogens is 278 g/mol. The van der Waals surface area contributed by atoms with Crippen molar-refractivity contribution in [3.63, 3.8) is 0 Å². The number of urea groups is 1. The van der Waals surface area contributed by atoms with E-state index < -0.39 is 23.3 Å². The molecule has 1 unspecified atom stereocenters. The Bertz CT molecular complexity index is 518. The Morgan fingerprint density at radius 2 is 2.10 bits per heavy atom. The molecule has 0 aliphatic heterocycles. The van der Waals surface area contributed by atoms with E-state index in [1.165, 1.54) is 12.1 Å². The largest absolute Gasteiger partial charge is 0.388 e. The van der Waals surface area contributed by atoms with E-state index in [0.29, 0.717) is 18.4 Å². The average molecular weight is 298 g/mol. The normalized spacial score (nSPS) is 17.7. The van der Waals surface area contributed by atoms with Gasteiger partial charge in [-0.3, -0.25) is 0 Å². The van der Waals surface area contributed by atoms with Crippen LogP contribution >= 0.6 is 0 Å². The van der Waals surface area contributed by atoms with E-state index in [2.05, 4.69) is 10.6 Å². The van der Waals surface area contributed by atoms with Gasteiger partial charge in [-0.25, -0.2) is 13.6 Å². The molecule has 0 aromatic heterocycles. The highest BCUT2D eigenvalue weighted by Gasteiger charge is 2.34. The Kier molecular flexibility index (Phi) is 4.77. The molecule has 0 saturated heterocycles. The number of nitrogens with one attached hydrogen (secondary N) is 2. The molecule has 1 fully saturated rings. The molecule has 2 amide bonds. The van der Waals surface area contributed by atoms with Gasteiger partial charge in [0.2, 0.25) is 0 Å². The second-order valence-electron chi connectivity index (χ2n) is 5.71. The van der Waals surface area contributed by atoms with E-state index in [9.17, 15) is 18.7 Å². The monoisotopic (exact) mass is 298 g/mol. The summed E-state index contributed by atoms with van der Waals surface area (Å²) in [6, 6.07) is 3.01. The summed E-state index contributed by atoms with van der Waals surface area (Å²) in [6.45, 7) is 2.20. The van der Waals surface area contributed by atoms with Crippen molar-refractivity contribution in [2.45, 2.75) is 37.7 Å². The Morgan fingerprint density at radius 1 is 1.38 bits per heavy atom. The number of amides is 2. The second-order valence-corrected chi connectivity index (χ2v) is 5.71. The maximum absolute atomic E-state index is 13.6. The van der Waals surface area contributed by atoms with Crippen molar-refractivity contribution in [1.82, 2.24) is 10.6 Å². The van der Waals surface area contributed by atoms with E-state index >= 15 is 0 Å². The first-order valence-corrected chi connectivity index (χ1v) is 7.09. The molecule has 2 rings (SSSR count). The first-order valence-electron chi connectivity index (χ1n) is 7.09. The lowest BCUT2D eigenvalue weighted by Crippen LogP contribution is -2.50. The molecule has 0 spiro atoms. The number of rotatable bonds is 5. The molecular formula is C15H20F2N2O2. The lowest BCUT2D eigenvalue weighted by molar-refractivity contribution is -0.0290. The zero-order chi connectivity index (χ0) is 15.5. The van der Waals surface area contributed by atoms with Crippen LogP contribution in [0.25, 0.3) is 0 Å². The van der Waals surface area contributed by atoms with Gasteiger partial charge >= 0.3 is 6.03 Å². The van der Waals surface area contributed by atoms with Gasteiger partial charge in [-0.15, -0.1) is 0 Å². The zero-order valence-electron chi connectivity index (χ0n) is 12.0. The van der Waals surface area contributed by atoms with Gasteiger partial charge in [0.05, 0.1) is 5.60 Å². The van der Waals surface area contributed by atoms with Crippen molar-refractivity contribution in [2.75, 3.05) is 13.1 Å². The van der Waals surface area contributed by atoms with Gasteiger partial charge in [0.1, 0.15) is 11.6 Å². The van der Waals surface area contributed by atoms with Crippen LogP contribution in [0.4, 0.5) is 13.6 Å². The topological polar surface area (TPSA) is 61.4 Å². The summed E-state index contributed by atoms with van der Waals surface area (Å²) in [5, 5.41) is 15.1. The summed E-state index contributed by atoms with van der Waals surface area (Å²) in [6.07, 6.45) is 2.37. The van der Waals surface area contributed by atoms with Crippen molar-refractivity contribution in [3.8, 4) is 0 Å². The number of aliphatic hydroxyl groups is 1. The average Bonchev–Trinajstić information content (AvgIpc) is 2.40. The summed E-state index contributed by atoms with van der Waals surface area (Å²) >= 11 is 0. The standard InChI is InChI=1S/C15H20F2N2O2/c1-10(12-4-3-11(16)7-13(12)17)8-18-14(20)19-9-15(21)5-2-6-15/h3-4,7,10,21H,2,5-6,8-9H2,1H3,(H2,18,19,20). The van der Waals surface area contributed by atoms with E-state index in [1.807, 2.05) is 0 Å². The van der Waals surface area contributed by atoms with E-state index in [-0.39, 0.29) is 19.0 Å². The SMILES string of the molecule is CC(CNC(=O)NCC1(O)CCC1)c1ccc(F)cc1F. The number of hydrogen-bond acceptors (Lipinski definition) is 2. The minimum absolute atomic E-state index is 0.220. The summed E-state index contributed by atoms with van der Waals surface area (Å²) in [4.78, 5) is 11.6. The van der Waals surface area contributed by atoms with Gasteiger partial charge < -0.3 is 15.7 Å². The highest BCUT2D eigenvalue weighted by molar-refractivity contribution is 5.74. The lowest BCUT2D eigenvalue weighted by atomic mass is 9.80. The van der Waals surface area contributed by atoms with Crippen LogP contribution in [0.2, 0.25) is 0 Å². The molecule has 1 atom stereocenters. The molecule has 1 aliphatic carbocycles. The third-order valence-corrected chi connectivity index (χ3v) is 3.92. The summed E-state index contributed by atoms with van der Waals surface area (Å²) in [5.41, 5.74) is -0.416.